The van der Waals surface area contributed by atoms with Gasteiger partial charge in [-0.25, -0.2) is 15.0 Å². The van der Waals surface area contributed by atoms with Crippen molar-refractivity contribution >= 4 is 34.1 Å². The normalized spacial score (nSPS) is 10.9. The number of aromatic nitrogens is 5. The summed E-state index contributed by atoms with van der Waals surface area (Å²) in [6, 6.07) is 19.2. The van der Waals surface area contributed by atoms with Crippen molar-refractivity contribution in [3.8, 4) is 22.8 Å². The van der Waals surface area contributed by atoms with Gasteiger partial charge in [0.25, 0.3) is 0 Å². The van der Waals surface area contributed by atoms with Crippen LogP contribution in [0.4, 0.5) is 11.5 Å². The van der Waals surface area contributed by atoms with Crippen molar-refractivity contribution in [1.29, 1.82) is 0 Å². The number of hydrogen-bond donors (Lipinski definition) is 2. The molecule has 0 saturated heterocycles. The zero-order valence-electron chi connectivity index (χ0n) is 15.2. The van der Waals surface area contributed by atoms with Crippen LogP contribution >= 0.6 is 11.6 Å². The molecule has 0 fully saturated rings. The third kappa shape index (κ3) is 3.66. The smallest absolute Gasteiger partial charge is 0.148 e. The zero-order chi connectivity index (χ0) is 19.6. The van der Waals surface area contributed by atoms with E-state index in [-0.39, 0.29) is 0 Å². The monoisotopic (exact) mass is 398 g/mol. The summed E-state index contributed by atoms with van der Waals surface area (Å²) in [6.45, 7) is 0. The van der Waals surface area contributed by atoms with Gasteiger partial charge in [0.05, 0.1) is 29.1 Å². The van der Waals surface area contributed by atoms with Crippen molar-refractivity contribution in [3.05, 3.63) is 84.3 Å². The first-order valence-electron chi connectivity index (χ1n) is 9.01. The molecule has 5 aromatic rings. The van der Waals surface area contributed by atoms with Crippen LogP contribution in [0.25, 0.3) is 33.8 Å². The molecule has 5 rings (SSSR count). The molecule has 0 bridgehead atoms. The van der Waals surface area contributed by atoms with E-state index in [1.807, 2.05) is 60.7 Å². The first-order chi connectivity index (χ1) is 14.2. The van der Waals surface area contributed by atoms with Crippen molar-refractivity contribution < 1.29 is 0 Å². The van der Waals surface area contributed by atoms with Crippen LogP contribution in [0.1, 0.15) is 0 Å². The predicted molar refractivity (Wildman–Crippen MR) is 115 cm³/mol. The number of aromatic amines is 1. The lowest BCUT2D eigenvalue weighted by Gasteiger charge is -2.07. The third-order valence-corrected chi connectivity index (χ3v) is 4.67. The number of nitrogens with zero attached hydrogens (tertiary/aromatic N) is 4. The average molecular weight is 399 g/mol. The number of imidazole rings is 1. The van der Waals surface area contributed by atoms with Gasteiger partial charge in [-0.05, 0) is 42.5 Å². The van der Waals surface area contributed by atoms with Gasteiger partial charge in [-0.15, -0.1) is 0 Å². The minimum Gasteiger partial charge on any atom is -0.339 e. The van der Waals surface area contributed by atoms with Crippen LogP contribution in [0.15, 0.2) is 79.3 Å². The molecule has 3 aromatic heterocycles. The number of halogens is 1. The number of pyridine rings is 1. The lowest BCUT2D eigenvalue weighted by molar-refractivity contribution is 1.17. The first-order valence-corrected chi connectivity index (χ1v) is 9.39. The third-order valence-electron chi connectivity index (χ3n) is 4.43. The molecule has 0 aliphatic heterocycles. The molecule has 0 spiro atoms. The summed E-state index contributed by atoms with van der Waals surface area (Å²) < 4.78 is 0. The molecule has 0 aliphatic carbocycles. The Kier molecular flexibility index (Phi) is 4.38. The SMILES string of the molecule is Clc1ccc2nc(-c3cccc(Nc4cnc(-c5ccccn5)cn4)c3)[nH]c2c1. The van der Waals surface area contributed by atoms with Gasteiger partial charge in [0.2, 0.25) is 0 Å². The molecule has 0 radical (unpaired) electrons. The second-order valence-corrected chi connectivity index (χ2v) is 6.89. The van der Waals surface area contributed by atoms with E-state index in [2.05, 4.69) is 30.2 Å². The Hall–Kier alpha value is -3.77. The van der Waals surface area contributed by atoms with E-state index in [1.54, 1.807) is 18.6 Å². The molecule has 2 N–H and O–H groups in total. The molecule has 2 aromatic carbocycles. The van der Waals surface area contributed by atoms with E-state index in [9.17, 15) is 0 Å². The Morgan fingerprint density at radius 1 is 0.828 bits per heavy atom. The number of H-pyrrole nitrogens is 1. The van der Waals surface area contributed by atoms with Crippen LogP contribution in [-0.4, -0.2) is 24.9 Å². The quantitative estimate of drug-likeness (QED) is 0.419. The van der Waals surface area contributed by atoms with Gasteiger partial charge < -0.3 is 10.3 Å². The summed E-state index contributed by atoms with van der Waals surface area (Å²) in [4.78, 5) is 21.1. The highest BCUT2D eigenvalue weighted by Gasteiger charge is 2.07. The van der Waals surface area contributed by atoms with E-state index in [0.29, 0.717) is 10.8 Å². The molecule has 6 nitrogen and oxygen atoms in total. The second-order valence-electron chi connectivity index (χ2n) is 6.45. The minimum absolute atomic E-state index is 0.651. The average Bonchev–Trinajstić information content (AvgIpc) is 3.18. The molecule has 0 amide bonds. The van der Waals surface area contributed by atoms with Crippen LogP contribution in [0, 0.1) is 0 Å². The van der Waals surface area contributed by atoms with Crippen LogP contribution in [0.5, 0.6) is 0 Å². The second kappa shape index (κ2) is 7.33. The Morgan fingerprint density at radius 2 is 1.79 bits per heavy atom. The fourth-order valence-corrected chi connectivity index (χ4v) is 3.22. The molecular weight excluding hydrogens is 384 g/mol. The molecule has 140 valence electrons. The highest BCUT2D eigenvalue weighted by Crippen LogP contribution is 2.26. The molecule has 3 heterocycles. The van der Waals surface area contributed by atoms with Crippen molar-refractivity contribution in [2.24, 2.45) is 0 Å². The van der Waals surface area contributed by atoms with E-state index >= 15 is 0 Å². The van der Waals surface area contributed by atoms with Crippen LogP contribution < -0.4 is 5.32 Å². The van der Waals surface area contributed by atoms with Gasteiger partial charge in [0.15, 0.2) is 0 Å². The van der Waals surface area contributed by atoms with Crippen molar-refractivity contribution in [3.63, 3.8) is 0 Å². The summed E-state index contributed by atoms with van der Waals surface area (Å²) >= 11 is 6.07. The van der Waals surface area contributed by atoms with Crippen LogP contribution in [0.2, 0.25) is 5.02 Å². The maximum absolute atomic E-state index is 6.07. The van der Waals surface area contributed by atoms with Gasteiger partial charge >= 0.3 is 0 Å². The van der Waals surface area contributed by atoms with E-state index in [0.717, 1.165) is 39.5 Å². The summed E-state index contributed by atoms with van der Waals surface area (Å²) in [6.07, 6.45) is 5.14. The summed E-state index contributed by atoms with van der Waals surface area (Å²) in [5, 5.41) is 3.96. The first kappa shape index (κ1) is 17.3. The fourth-order valence-electron chi connectivity index (χ4n) is 3.05. The standard InChI is InChI=1S/C22H15ClN6/c23-15-7-8-18-19(11-15)29-22(28-18)14-4-3-5-16(10-14)27-21-13-25-20(12-26-21)17-6-1-2-9-24-17/h1-13H,(H,26,27)(H,28,29). The maximum atomic E-state index is 6.07. The Balaban J connectivity index is 1.39. The number of nitrogens with one attached hydrogen (secondary N) is 2. The zero-order valence-corrected chi connectivity index (χ0v) is 15.9. The summed E-state index contributed by atoms with van der Waals surface area (Å²) in [5.74, 6) is 1.43. The Morgan fingerprint density at radius 3 is 2.62 bits per heavy atom. The molecular formula is C22H15ClN6. The minimum atomic E-state index is 0.651. The topological polar surface area (TPSA) is 79.4 Å². The predicted octanol–water partition coefficient (Wildman–Crippen LogP) is 5.48. The fraction of sp³-hybridized carbons (Fsp3) is 0. The number of fused-ring (bicyclic) bond motifs is 1. The van der Waals surface area contributed by atoms with Gasteiger partial charge in [0.1, 0.15) is 17.3 Å². The number of rotatable bonds is 4. The summed E-state index contributed by atoms with van der Waals surface area (Å²) in [7, 11) is 0. The molecule has 7 heteroatoms. The van der Waals surface area contributed by atoms with E-state index in [4.69, 9.17) is 11.6 Å². The van der Waals surface area contributed by atoms with Crippen LogP contribution in [-0.2, 0) is 0 Å². The Labute approximate surface area is 171 Å². The number of anilines is 2. The van der Waals surface area contributed by atoms with Gasteiger partial charge in [0, 0.05) is 22.5 Å². The molecule has 0 unspecified atom stereocenters. The number of hydrogen-bond acceptors (Lipinski definition) is 5. The summed E-state index contributed by atoms with van der Waals surface area (Å²) in [5.41, 5.74) is 5.14. The maximum Gasteiger partial charge on any atom is 0.148 e. The molecule has 0 aliphatic rings. The van der Waals surface area contributed by atoms with Crippen molar-refractivity contribution in [2.75, 3.05) is 5.32 Å². The van der Waals surface area contributed by atoms with Crippen molar-refractivity contribution in [1.82, 2.24) is 24.9 Å². The van der Waals surface area contributed by atoms with Crippen molar-refractivity contribution in [2.45, 2.75) is 0 Å². The lowest BCUT2D eigenvalue weighted by Crippen LogP contribution is -1.96. The highest BCUT2D eigenvalue weighted by atomic mass is 35.5. The molecule has 0 saturated carbocycles. The molecule has 0 atom stereocenters. The number of benzene rings is 2. The van der Waals surface area contributed by atoms with Crippen LogP contribution in [0.3, 0.4) is 0 Å². The van der Waals surface area contributed by atoms with E-state index in [1.165, 1.54) is 0 Å². The molecule has 29 heavy (non-hydrogen) atoms. The lowest BCUT2D eigenvalue weighted by atomic mass is 10.2. The Bertz CT molecular complexity index is 1280. The van der Waals surface area contributed by atoms with Gasteiger partial charge in [-0.1, -0.05) is 29.8 Å². The van der Waals surface area contributed by atoms with E-state index < -0.39 is 0 Å². The largest absolute Gasteiger partial charge is 0.339 e. The van der Waals surface area contributed by atoms with Gasteiger partial charge in [-0.3, -0.25) is 4.98 Å². The highest BCUT2D eigenvalue weighted by molar-refractivity contribution is 6.31. The van der Waals surface area contributed by atoms with Gasteiger partial charge in [-0.2, -0.15) is 0 Å².